The molecule has 0 aromatic carbocycles. The van der Waals surface area contributed by atoms with E-state index in [1.54, 1.807) is 0 Å². The van der Waals surface area contributed by atoms with Crippen molar-refractivity contribution in [2.24, 2.45) is 5.92 Å². The minimum atomic E-state index is -3.63. The zero-order chi connectivity index (χ0) is 12.5. The topological polar surface area (TPSA) is 86.7 Å². The molecular formula is C10H18N2O4S. The highest BCUT2D eigenvalue weighted by Gasteiger charge is 2.37. The SMILES string of the molecule is O=C(O)C1CCCCN1S(=O)(=O)NCC1CC1. The summed E-state index contributed by atoms with van der Waals surface area (Å²) >= 11 is 0. The molecule has 0 radical (unpaired) electrons. The fourth-order valence-electron chi connectivity index (χ4n) is 2.07. The number of carbonyl (C=O) groups is 1. The Morgan fingerprint density at radius 2 is 2.00 bits per heavy atom. The Kier molecular flexibility index (Phi) is 3.70. The van der Waals surface area contributed by atoms with Crippen LogP contribution < -0.4 is 4.72 Å². The van der Waals surface area contributed by atoms with E-state index in [0.717, 1.165) is 30.0 Å². The van der Waals surface area contributed by atoms with Gasteiger partial charge in [0.25, 0.3) is 10.2 Å². The molecule has 98 valence electrons. The van der Waals surface area contributed by atoms with Crippen LogP contribution in [0.3, 0.4) is 0 Å². The molecule has 1 heterocycles. The largest absolute Gasteiger partial charge is 0.480 e. The first-order valence-electron chi connectivity index (χ1n) is 6.00. The monoisotopic (exact) mass is 262 g/mol. The summed E-state index contributed by atoms with van der Waals surface area (Å²) in [5.74, 6) is -0.612. The normalized spacial score (nSPS) is 26.9. The molecule has 0 aromatic heterocycles. The molecule has 0 spiro atoms. The quantitative estimate of drug-likeness (QED) is 0.739. The third kappa shape index (κ3) is 3.17. The number of nitrogens with zero attached hydrogens (tertiary/aromatic N) is 1. The van der Waals surface area contributed by atoms with Gasteiger partial charge in [0.2, 0.25) is 0 Å². The number of carboxylic acid groups (broad SMARTS) is 1. The molecule has 2 aliphatic rings. The van der Waals surface area contributed by atoms with E-state index in [1.165, 1.54) is 0 Å². The summed E-state index contributed by atoms with van der Waals surface area (Å²) in [6, 6.07) is -0.902. The van der Waals surface area contributed by atoms with Gasteiger partial charge < -0.3 is 5.11 Å². The number of rotatable bonds is 5. The second-order valence-corrected chi connectivity index (χ2v) is 6.47. The lowest BCUT2D eigenvalue weighted by Crippen LogP contribution is -2.52. The van der Waals surface area contributed by atoms with Crippen molar-refractivity contribution in [1.82, 2.24) is 9.03 Å². The first-order chi connectivity index (χ1) is 8.00. The van der Waals surface area contributed by atoms with E-state index in [2.05, 4.69) is 4.72 Å². The highest BCUT2D eigenvalue weighted by Crippen LogP contribution is 2.28. The molecule has 2 N–H and O–H groups in total. The fraction of sp³-hybridized carbons (Fsp3) is 0.900. The molecule has 1 unspecified atom stereocenters. The van der Waals surface area contributed by atoms with Gasteiger partial charge in [-0.05, 0) is 38.0 Å². The summed E-state index contributed by atoms with van der Waals surface area (Å²) < 4.78 is 27.6. The molecule has 1 aliphatic carbocycles. The van der Waals surface area contributed by atoms with Crippen molar-refractivity contribution < 1.29 is 18.3 Å². The predicted molar refractivity (Wildman–Crippen MR) is 61.6 cm³/mol. The second-order valence-electron chi connectivity index (χ2n) is 4.76. The molecule has 0 bridgehead atoms. The number of nitrogens with one attached hydrogen (secondary N) is 1. The second kappa shape index (κ2) is 4.91. The van der Waals surface area contributed by atoms with Gasteiger partial charge in [0.15, 0.2) is 0 Å². The van der Waals surface area contributed by atoms with Gasteiger partial charge in [0.1, 0.15) is 6.04 Å². The molecule has 2 fully saturated rings. The molecule has 1 saturated heterocycles. The molecule has 1 atom stereocenters. The molecule has 17 heavy (non-hydrogen) atoms. The van der Waals surface area contributed by atoms with Crippen LogP contribution in [-0.2, 0) is 15.0 Å². The van der Waals surface area contributed by atoms with Crippen LogP contribution in [0.1, 0.15) is 32.1 Å². The lowest BCUT2D eigenvalue weighted by molar-refractivity contribution is -0.142. The van der Waals surface area contributed by atoms with Crippen molar-refractivity contribution in [2.75, 3.05) is 13.1 Å². The van der Waals surface area contributed by atoms with Gasteiger partial charge in [-0.3, -0.25) is 4.79 Å². The molecule has 1 aliphatic heterocycles. The van der Waals surface area contributed by atoms with E-state index in [0.29, 0.717) is 25.4 Å². The number of piperidine rings is 1. The van der Waals surface area contributed by atoms with Gasteiger partial charge in [-0.2, -0.15) is 12.7 Å². The third-order valence-electron chi connectivity index (χ3n) is 3.30. The molecule has 7 heteroatoms. The van der Waals surface area contributed by atoms with Crippen LogP contribution in [0.4, 0.5) is 0 Å². The predicted octanol–water partition coefficient (Wildman–Crippen LogP) is 0.170. The Morgan fingerprint density at radius 1 is 1.29 bits per heavy atom. The smallest absolute Gasteiger partial charge is 0.322 e. The lowest BCUT2D eigenvalue weighted by atomic mass is 10.1. The Bertz CT molecular complexity index is 391. The van der Waals surface area contributed by atoms with Crippen LogP contribution in [-0.4, -0.2) is 42.9 Å². The first-order valence-corrected chi connectivity index (χ1v) is 7.44. The van der Waals surface area contributed by atoms with Crippen LogP contribution in [0.5, 0.6) is 0 Å². The van der Waals surface area contributed by atoms with Crippen LogP contribution >= 0.6 is 0 Å². The first kappa shape index (κ1) is 12.8. The van der Waals surface area contributed by atoms with Gasteiger partial charge in [-0.1, -0.05) is 0 Å². The molecule has 6 nitrogen and oxygen atoms in total. The van der Waals surface area contributed by atoms with Crippen molar-refractivity contribution in [3.8, 4) is 0 Å². The highest BCUT2D eigenvalue weighted by atomic mass is 32.2. The van der Waals surface area contributed by atoms with Crippen LogP contribution in [0, 0.1) is 5.92 Å². The Labute approximate surface area is 101 Å². The van der Waals surface area contributed by atoms with Crippen LogP contribution in [0.15, 0.2) is 0 Å². The minimum Gasteiger partial charge on any atom is -0.480 e. The zero-order valence-corrected chi connectivity index (χ0v) is 10.4. The Morgan fingerprint density at radius 3 is 2.59 bits per heavy atom. The lowest BCUT2D eigenvalue weighted by Gasteiger charge is -2.31. The van der Waals surface area contributed by atoms with Crippen molar-refractivity contribution >= 4 is 16.2 Å². The molecule has 0 aromatic rings. The van der Waals surface area contributed by atoms with Crippen LogP contribution in [0.2, 0.25) is 0 Å². The van der Waals surface area contributed by atoms with Crippen molar-refractivity contribution in [3.05, 3.63) is 0 Å². The van der Waals surface area contributed by atoms with Crippen molar-refractivity contribution in [3.63, 3.8) is 0 Å². The molecule has 2 rings (SSSR count). The summed E-state index contributed by atoms with van der Waals surface area (Å²) in [5, 5.41) is 9.03. The zero-order valence-electron chi connectivity index (χ0n) is 9.63. The maximum Gasteiger partial charge on any atom is 0.322 e. The van der Waals surface area contributed by atoms with E-state index < -0.39 is 22.2 Å². The van der Waals surface area contributed by atoms with Gasteiger partial charge in [0, 0.05) is 13.1 Å². The van der Waals surface area contributed by atoms with E-state index in [1.807, 2.05) is 0 Å². The summed E-state index contributed by atoms with van der Waals surface area (Å²) in [5.41, 5.74) is 0. The summed E-state index contributed by atoms with van der Waals surface area (Å²) in [6.07, 6.45) is 4.02. The average molecular weight is 262 g/mol. The highest BCUT2D eigenvalue weighted by molar-refractivity contribution is 7.87. The third-order valence-corrected chi connectivity index (χ3v) is 4.88. The van der Waals surface area contributed by atoms with E-state index >= 15 is 0 Å². The standard InChI is InChI=1S/C10H18N2O4S/c13-10(14)9-3-1-2-6-12(9)17(15,16)11-7-8-4-5-8/h8-9,11H,1-7H2,(H,13,14). The van der Waals surface area contributed by atoms with Gasteiger partial charge in [0.05, 0.1) is 0 Å². The summed E-state index contributed by atoms with van der Waals surface area (Å²) in [6.45, 7) is 0.738. The van der Waals surface area contributed by atoms with Gasteiger partial charge in [-0.15, -0.1) is 0 Å². The van der Waals surface area contributed by atoms with E-state index in [-0.39, 0.29) is 0 Å². The molecular weight excluding hydrogens is 244 g/mol. The van der Waals surface area contributed by atoms with Crippen molar-refractivity contribution in [1.29, 1.82) is 0 Å². The molecule has 0 amide bonds. The van der Waals surface area contributed by atoms with Gasteiger partial charge in [-0.25, -0.2) is 4.72 Å². The Balaban J connectivity index is 2.02. The number of hydrogen-bond acceptors (Lipinski definition) is 3. The number of carboxylic acids is 1. The van der Waals surface area contributed by atoms with E-state index in [4.69, 9.17) is 5.11 Å². The van der Waals surface area contributed by atoms with E-state index in [9.17, 15) is 13.2 Å². The maximum absolute atomic E-state index is 12.0. The van der Waals surface area contributed by atoms with Gasteiger partial charge >= 0.3 is 5.97 Å². The summed E-state index contributed by atoms with van der Waals surface area (Å²) in [4.78, 5) is 11.0. The Hall–Kier alpha value is -0.660. The average Bonchev–Trinajstić information content (AvgIpc) is 3.10. The van der Waals surface area contributed by atoms with Crippen molar-refractivity contribution in [2.45, 2.75) is 38.1 Å². The molecule has 1 saturated carbocycles. The van der Waals surface area contributed by atoms with Crippen LogP contribution in [0.25, 0.3) is 0 Å². The summed E-state index contributed by atoms with van der Waals surface area (Å²) in [7, 11) is -3.63. The number of hydrogen-bond donors (Lipinski definition) is 2. The maximum atomic E-state index is 12.0. The minimum absolute atomic E-state index is 0.303. The number of aliphatic carboxylic acids is 1. The fourth-order valence-corrected chi connectivity index (χ4v) is 3.58.